The maximum absolute atomic E-state index is 6.07. The van der Waals surface area contributed by atoms with Crippen LogP contribution >= 0.6 is 0 Å². The summed E-state index contributed by atoms with van der Waals surface area (Å²) in [5.74, 6) is 0.725. The van der Waals surface area contributed by atoms with Crippen molar-refractivity contribution in [2.75, 3.05) is 5.73 Å². The second kappa shape index (κ2) is 5.03. The van der Waals surface area contributed by atoms with Gasteiger partial charge in [0.2, 0.25) is 0 Å². The van der Waals surface area contributed by atoms with E-state index in [0.29, 0.717) is 0 Å². The molecule has 0 aliphatic heterocycles. The molecular weight excluding hydrogens is 214 g/mol. The van der Waals surface area contributed by atoms with Gasteiger partial charge in [-0.05, 0) is 12.8 Å². The van der Waals surface area contributed by atoms with Crippen molar-refractivity contribution in [1.82, 2.24) is 19.3 Å². The predicted molar refractivity (Wildman–Crippen MR) is 68.4 cm³/mol. The van der Waals surface area contributed by atoms with E-state index in [2.05, 4.69) is 23.9 Å². The summed E-state index contributed by atoms with van der Waals surface area (Å²) in [6.07, 6.45) is 7.74. The second-order valence-corrected chi connectivity index (χ2v) is 4.16. The largest absolute Gasteiger partial charge is 0.383 e. The minimum atomic E-state index is 0.725. The molecule has 5 nitrogen and oxygen atoms in total. The van der Waals surface area contributed by atoms with Gasteiger partial charge in [-0.15, -0.1) is 0 Å². The molecule has 2 aromatic heterocycles. The maximum Gasteiger partial charge on any atom is 0.131 e. The number of hydrogen-bond donors (Lipinski definition) is 1. The van der Waals surface area contributed by atoms with E-state index in [1.54, 1.807) is 6.33 Å². The molecular formula is C12H19N5. The highest BCUT2D eigenvalue weighted by Gasteiger charge is 2.11. The van der Waals surface area contributed by atoms with Crippen molar-refractivity contribution in [1.29, 1.82) is 0 Å². The highest BCUT2D eigenvalue weighted by Crippen LogP contribution is 2.23. The minimum absolute atomic E-state index is 0.725. The smallest absolute Gasteiger partial charge is 0.131 e. The lowest BCUT2D eigenvalue weighted by Gasteiger charge is -2.02. The standard InChI is InChI=1S/C12H19N5/c1-3-5-16-9-14-11(12(16)13)10-7-15-17(8-10)6-4-2/h7-9H,3-6,13H2,1-2H3. The molecule has 0 spiro atoms. The van der Waals surface area contributed by atoms with Gasteiger partial charge in [-0.25, -0.2) is 4.98 Å². The van der Waals surface area contributed by atoms with Gasteiger partial charge in [0, 0.05) is 24.8 Å². The van der Waals surface area contributed by atoms with Gasteiger partial charge >= 0.3 is 0 Å². The zero-order valence-corrected chi connectivity index (χ0v) is 10.4. The van der Waals surface area contributed by atoms with Crippen molar-refractivity contribution < 1.29 is 0 Å². The summed E-state index contributed by atoms with van der Waals surface area (Å²) in [5.41, 5.74) is 7.89. The molecule has 0 amide bonds. The number of aromatic nitrogens is 4. The average Bonchev–Trinajstić information content (AvgIpc) is 2.89. The molecule has 0 unspecified atom stereocenters. The number of aryl methyl sites for hydroxylation is 2. The molecule has 17 heavy (non-hydrogen) atoms. The van der Waals surface area contributed by atoms with Gasteiger partial charge in [0.1, 0.15) is 11.5 Å². The molecule has 0 aromatic carbocycles. The fourth-order valence-corrected chi connectivity index (χ4v) is 1.87. The topological polar surface area (TPSA) is 61.7 Å². The SMILES string of the molecule is CCCn1cc(-c2ncn(CCC)c2N)cn1. The van der Waals surface area contributed by atoms with Crippen molar-refractivity contribution in [3.05, 3.63) is 18.7 Å². The van der Waals surface area contributed by atoms with Crippen LogP contribution in [0.5, 0.6) is 0 Å². The lowest BCUT2D eigenvalue weighted by molar-refractivity contribution is 0.603. The zero-order valence-electron chi connectivity index (χ0n) is 10.4. The Morgan fingerprint density at radius 3 is 2.71 bits per heavy atom. The normalized spacial score (nSPS) is 10.9. The molecule has 0 saturated carbocycles. The summed E-state index contributed by atoms with van der Waals surface area (Å²) in [4.78, 5) is 4.36. The van der Waals surface area contributed by atoms with Crippen molar-refractivity contribution >= 4 is 5.82 Å². The third-order valence-electron chi connectivity index (χ3n) is 2.70. The number of imidazole rings is 1. The number of rotatable bonds is 5. The summed E-state index contributed by atoms with van der Waals surface area (Å²) in [5, 5.41) is 4.29. The second-order valence-electron chi connectivity index (χ2n) is 4.16. The molecule has 0 fully saturated rings. The lowest BCUT2D eigenvalue weighted by atomic mass is 10.2. The van der Waals surface area contributed by atoms with E-state index < -0.39 is 0 Å². The van der Waals surface area contributed by atoms with Crippen LogP contribution in [0.25, 0.3) is 11.3 Å². The molecule has 2 heterocycles. The molecule has 0 atom stereocenters. The van der Waals surface area contributed by atoms with Crippen molar-refractivity contribution in [2.45, 2.75) is 39.8 Å². The van der Waals surface area contributed by atoms with Crippen LogP contribution in [0.3, 0.4) is 0 Å². The maximum atomic E-state index is 6.07. The first-order valence-electron chi connectivity index (χ1n) is 6.09. The monoisotopic (exact) mass is 233 g/mol. The first kappa shape index (κ1) is 11.7. The predicted octanol–water partition coefficient (Wildman–Crippen LogP) is 2.15. The summed E-state index contributed by atoms with van der Waals surface area (Å²) in [6.45, 7) is 6.08. The van der Waals surface area contributed by atoms with E-state index in [0.717, 1.165) is 43.0 Å². The molecule has 2 rings (SSSR count). The van der Waals surface area contributed by atoms with Gasteiger partial charge in [0.15, 0.2) is 0 Å². The molecule has 2 N–H and O–H groups in total. The van der Waals surface area contributed by atoms with Gasteiger partial charge in [-0.3, -0.25) is 4.68 Å². The van der Waals surface area contributed by atoms with Gasteiger partial charge < -0.3 is 10.3 Å². The van der Waals surface area contributed by atoms with Crippen molar-refractivity contribution in [3.8, 4) is 11.3 Å². The molecule has 0 saturated heterocycles. The fraction of sp³-hybridized carbons (Fsp3) is 0.500. The number of hydrogen-bond acceptors (Lipinski definition) is 3. The first-order chi connectivity index (χ1) is 8.26. The number of nitrogens with two attached hydrogens (primary N) is 1. The van der Waals surface area contributed by atoms with E-state index >= 15 is 0 Å². The van der Waals surface area contributed by atoms with Gasteiger partial charge in [0.25, 0.3) is 0 Å². The number of anilines is 1. The van der Waals surface area contributed by atoms with E-state index in [4.69, 9.17) is 5.73 Å². The first-order valence-corrected chi connectivity index (χ1v) is 6.09. The van der Waals surface area contributed by atoms with E-state index in [-0.39, 0.29) is 0 Å². The molecule has 2 aromatic rings. The van der Waals surface area contributed by atoms with Crippen molar-refractivity contribution in [2.24, 2.45) is 0 Å². The van der Waals surface area contributed by atoms with Crippen LogP contribution in [0.1, 0.15) is 26.7 Å². The Hall–Kier alpha value is -1.78. The van der Waals surface area contributed by atoms with Gasteiger partial charge in [-0.1, -0.05) is 13.8 Å². The van der Waals surface area contributed by atoms with Crippen LogP contribution in [0.15, 0.2) is 18.7 Å². The summed E-state index contributed by atoms with van der Waals surface area (Å²) < 4.78 is 3.90. The van der Waals surface area contributed by atoms with Crippen LogP contribution < -0.4 is 5.73 Å². The summed E-state index contributed by atoms with van der Waals surface area (Å²) in [7, 11) is 0. The lowest BCUT2D eigenvalue weighted by Crippen LogP contribution is -2.01. The third-order valence-corrected chi connectivity index (χ3v) is 2.70. The fourth-order valence-electron chi connectivity index (χ4n) is 1.87. The van der Waals surface area contributed by atoms with Crippen molar-refractivity contribution in [3.63, 3.8) is 0 Å². The van der Waals surface area contributed by atoms with Crippen LogP contribution in [-0.4, -0.2) is 19.3 Å². The Bertz CT molecular complexity index is 483. The van der Waals surface area contributed by atoms with Crippen LogP contribution in [0.2, 0.25) is 0 Å². The third kappa shape index (κ3) is 2.33. The van der Waals surface area contributed by atoms with E-state index in [1.165, 1.54) is 0 Å². The molecule has 0 bridgehead atoms. The van der Waals surface area contributed by atoms with Gasteiger partial charge in [-0.2, -0.15) is 5.10 Å². The van der Waals surface area contributed by atoms with Crippen LogP contribution in [0, 0.1) is 0 Å². The molecule has 0 aliphatic carbocycles. The Kier molecular flexibility index (Phi) is 3.46. The Morgan fingerprint density at radius 1 is 1.24 bits per heavy atom. The molecule has 0 aliphatic rings. The Balaban J connectivity index is 2.26. The summed E-state index contributed by atoms with van der Waals surface area (Å²) >= 11 is 0. The van der Waals surface area contributed by atoms with E-state index in [9.17, 15) is 0 Å². The molecule has 92 valence electrons. The van der Waals surface area contributed by atoms with Crippen LogP contribution in [0.4, 0.5) is 5.82 Å². The highest BCUT2D eigenvalue weighted by atomic mass is 15.3. The van der Waals surface area contributed by atoms with Gasteiger partial charge in [0.05, 0.1) is 12.5 Å². The zero-order chi connectivity index (χ0) is 12.3. The van der Waals surface area contributed by atoms with Crippen LogP contribution in [-0.2, 0) is 13.1 Å². The average molecular weight is 233 g/mol. The number of nitrogen functional groups attached to an aromatic ring is 1. The quantitative estimate of drug-likeness (QED) is 0.860. The van der Waals surface area contributed by atoms with E-state index in [1.807, 2.05) is 21.6 Å². The minimum Gasteiger partial charge on any atom is -0.383 e. The Labute approximate surface area is 101 Å². The molecule has 5 heteroatoms. The number of nitrogens with zero attached hydrogens (tertiary/aromatic N) is 4. The molecule has 0 radical (unpaired) electrons. The Morgan fingerprint density at radius 2 is 2.00 bits per heavy atom. The highest BCUT2D eigenvalue weighted by molar-refractivity contribution is 5.69. The summed E-state index contributed by atoms with van der Waals surface area (Å²) in [6, 6.07) is 0.